The normalized spacial score (nSPS) is 23.9. The Labute approximate surface area is 163 Å². The summed E-state index contributed by atoms with van der Waals surface area (Å²) in [6.45, 7) is 0.241. The molecule has 146 valence electrons. The Morgan fingerprint density at radius 1 is 1.11 bits per heavy atom. The lowest BCUT2D eigenvalue weighted by Crippen LogP contribution is -2.55. The average molecular weight is 382 g/mol. The number of ether oxygens (including phenoxy) is 1. The number of carbonyl (C=O) groups is 2. The smallest absolute Gasteiger partial charge is 0.410 e. The molecule has 2 fully saturated rings. The molecule has 2 bridgehead atoms. The number of amides is 1. The van der Waals surface area contributed by atoms with Crippen molar-refractivity contribution in [1.82, 2.24) is 9.88 Å². The third-order valence-corrected chi connectivity index (χ3v) is 5.74. The lowest BCUT2D eigenvalue weighted by atomic mass is 9.76. The molecule has 0 radical (unpaired) electrons. The fraction of sp³-hybridized carbons (Fsp3) is 0.409. The minimum absolute atomic E-state index is 0.0155. The van der Waals surface area contributed by atoms with Gasteiger partial charge in [0, 0.05) is 30.3 Å². The highest BCUT2D eigenvalue weighted by Gasteiger charge is 2.44. The Hall–Kier alpha value is -2.76. The summed E-state index contributed by atoms with van der Waals surface area (Å²) >= 11 is 0. The van der Waals surface area contributed by atoms with Gasteiger partial charge in [0.15, 0.2) is 5.78 Å². The van der Waals surface area contributed by atoms with Crippen LogP contribution in [0.25, 0.3) is 0 Å². The molecule has 2 unspecified atom stereocenters. The zero-order valence-electron chi connectivity index (χ0n) is 15.6. The van der Waals surface area contributed by atoms with Gasteiger partial charge in [-0.25, -0.2) is 9.18 Å². The van der Waals surface area contributed by atoms with Crippen LogP contribution in [0.5, 0.6) is 0 Å². The minimum atomic E-state index is -0.458. The van der Waals surface area contributed by atoms with Crippen molar-refractivity contribution in [1.29, 1.82) is 0 Å². The number of benzene rings is 1. The molecule has 3 heterocycles. The van der Waals surface area contributed by atoms with Gasteiger partial charge in [0.2, 0.25) is 0 Å². The van der Waals surface area contributed by atoms with Crippen LogP contribution in [-0.2, 0) is 11.3 Å². The van der Waals surface area contributed by atoms with E-state index in [-0.39, 0.29) is 42.2 Å². The van der Waals surface area contributed by atoms with E-state index >= 15 is 0 Å². The van der Waals surface area contributed by atoms with Crippen LogP contribution < -0.4 is 0 Å². The van der Waals surface area contributed by atoms with Gasteiger partial charge in [0.25, 0.3) is 0 Å². The lowest BCUT2D eigenvalue weighted by molar-refractivity contribution is 0.00463. The maximum absolute atomic E-state index is 13.5. The van der Waals surface area contributed by atoms with E-state index in [4.69, 9.17) is 4.74 Å². The number of piperidine rings is 2. The second kappa shape index (κ2) is 8.09. The van der Waals surface area contributed by atoms with Crippen molar-refractivity contribution < 1.29 is 18.7 Å². The molecule has 2 saturated heterocycles. The van der Waals surface area contributed by atoms with Crippen molar-refractivity contribution in [3.63, 3.8) is 0 Å². The van der Waals surface area contributed by atoms with Gasteiger partial charge in [0.1, 0.15) is 18.1 Å². The topological polar surface area (TPSA) is 59.5 Å². The number of hydrogen-bond donors (Lipinski definition) is 0. The van der Waals surface area contributed by atoms with E-state index < -0.39 is 5.82 Å². The van der Waals surface area contributed by atoms with E-state index in [9.17, 15) is 14.0 Å². The van der Waals surface area contributed by atoms with Crippen LogP contribution in [0.15, 0.2) is 48.7 Å². The van der Waals surface area contributed by atoms with Gasteiger partial charge in [-0.15, -0.1) is 0 Å². The molecule has 2 aliphatic rings. The summed E-state index contributed by atoms with van der Waals surface area (Å²) < 4.78 is 19.0. The second-order valence-electron chi connectivity index (χ2n) is 7.58. The van der Waals surface area contributed by atoms with Crippen molar-refractivity contribution >= 4 is 11.9 Å². The molecule has 6 heteroatoms. The van der Waals surface area contributed by atoms with E-state index in [1.165, 1.54) is 18.3 Å². The predicted octanol–water partition coefficient (Wildman–Crippen LogP) is 4.37. The Balaban J connectivity index is 1.43. The van der Waals surface area contributed by atoms with Gasteiger partial charge in [0.05, 0.1) is 0 Å². The third kappa shape index (κ3) is 3.91. The fourth-order valence-electron chi connectivity index (χ4n) is 4.44. The first kappa shape index (κ1) is 18.6. The zero-order chi connectivity index (χ0) is 19.5. The van der Waals surface area contributed by atoms with Crippen LogP contribution in [0.3, 0.4) is 0 Å². The number of fused-ring (bicyclic) bond motifs is 2. The molecule has 5 nitrogen and oxygen atoms in total. The highest BCUT2D eigenvalue weighted by Crippen LogP contribution is 2.38. The summed E-state index contributed by atoms with van der Waals surface area (Å²) in [5.41, 5.74) is 1.12. The first-order valence-electron chi connectivity index (χ1n) is 9.76. The molecular formula is C22H23FN2O3. The zero-order valence-corrected chi connectivity index (χ0v) is 15.6. The van der Waals surface area contributed by atoms with Crippen LogP contribution in [0, 0.1) is 11.7 Å². The second-order valence-corrected chi connectivity index (χ2v) is 7.58. The van der Waals surface area contributed by atoms with E-state index in [0.29, 0.717) is 12.8 Å². The summed E-state index contributed by atoms with van der Waals surface area (Å²) in [5.74, 6) is -0.822. The van der Waals surface area contributed by atoms with E-state index in [1.807, 2.05) is 35.2 Å². The van der Waals surface area contributed by atoms with Crippen molar-refractivity contribution in [3.05, 3.63) is 65.7 Å². The van der Waals surface area contributed by atoms with Crippen LogP contribution in [0.4, 0.5) is 9.18 Å². The Kier molecular flexibility index (Phi) is 5.37. The number of nitrogens with zero attached hydrogens (tertiary/aromatic N) is 2. The van der Waals surface area contributed by atoms with E-state index in [0.717, 1.165) is 24.8 Å². The van der Waals surface area contributed by atoms with Gasteiger partial charge < -0.3 is 9.64 Å². The molecule has 2 aromatic rings. The van der Waals surface area contributed by atoms with Gasteiger partial charge in [-0.1, -0.05) is 30.3 Å². The maximum Gasteiger partial charge on any atom is 0.410 e. The Morgan fingerprint density at radius 2 is 1.82 bits per heavy atom. The molecule has 0 N–H and O–H groups in total. The lowest BCUT2D eigenvalue weighted by Gasteiger charge is -2.47. The van der Waals surface area contributed by atoms with Crippen molar-refractivity contribution in [2.24, 2.45) is 5.92 Å². The molecule has 1 aromatic heterocycles. The van der Waals surface area contributed by atoms with E-state index in [2.05, 4.69) is 4.98 Å². The monoisotopic (exact) mass is 382 g/mol. The first-order valence-corrected chi connectivity index (χ1v) is 9.76. The van der Waals surface area contributed by atoms with Crippen molar-refractivity contribution in [3.8, 4) is 0 Å². The largest absolute Gasteiger partial charge is 0.445 e. The number of carbonyl (C=O) groups excluding carboxylic acids is 2. The summed E-state index contributed by atoms with van der Waals surface area (Å²) in [7, 11) is 0. The summed E-state index contributed by atoms with van der Waals surface area (Å²) in [6.07, 6.45) is 4.92. The standard InChI is InChI=1S/C22H23FN2O3/c23-17-9-10-24-20(13-17)21(26)16-11-18-7-4-8-19(12-16)25(18)22(27)28-14-15-5-2-1-3-6-15/h1-3,5-6,9-10,13,16,18-19H,4,7-8,11-12,14H2. The average Bonchev–Trinajstić information content (AvgIpc) is 2.71. The molecule has 0 aliphatic carbocycles. The van der Waals surface area contributed by atoms with Gasteiger partial charge in [-0.3, -0.25) is 9.78 Å². The maximum atomic E-state index is 13.5. The summed E-state index contributed by atoms with van der Waals surface area (Å²) in [4.78, 5) is 31.4. The van der Waals surface area contributed by atoms with E-state index in [1.54, 1.807) is 0 Å². The predicted molar refractivity (Wildman–Crippen MR) is 101 cm³/mol. The third-order valence-electron chi connectivity index (χ3n) is 5.74. The fourth-order valence-corrected chi connectivity index (χ4v) is 4.44. The summed E-state index contributed by atoms with van der Waals surface area (Å²) in [6, 6.07) is 12.0. The van der Waals surface area contributed by atoms with Gasteiger partial charge in [-0.2, -0.15) is 0 Å². The number of hydrogen-bond acceptors (Lipinski definition) is 4. The number of Topliss-reactive ketones (excluding diaryl/α,β-unsaturated/α-hetero) is 1. The molecule has 28 heavy (non-hydrogen) atoms. The number of halogens is 1. The number of ketones is 1. The number of rotatable bonds is 4. The molecule has 1 amide bonds. The molecule has 1 aromatic carbocycles. The molecular weight excluding hydrogens is 359 g/mol. The van der Waals surface area contributed by atoms with Crippen molar-refractivity contribution in [2.45, 2.75) is 50.8 Å². The Bertz CT molecular complexity index is 844. The van der Waals surface area contributed by atoms with Crippen LogP contribution in [0.2, 0.25) is 0 Å². The molecule has 2 atom stereocenters. The van der Waals surface area contributed by atoms with Crippen LogP contribution in [0.1, 0.15) is 48.2 Å². The molecule has 4 rings (SSSR count). The SMILES string of the molecule is O=C(c1cc(F)ccn1)C1CC2CCCC(C1)N2C(=O)OCc1ccccc1. The Morgan fingerprint density at radius 3 is 2.50 bits per heavy atom. The number of aromatic nitrogens is 1. The molecule has 0 saturated carbocycles. The summed E-state index contributed by atoms with van der Waals surface area (Å²) in [5, 5.41) is 0. The quantitative estimate of drug-likeness (QED) is 0.737. The molecule has 0 spiro atoms. The molecule has 2 aliphatic heterocycles. The minimum Gasteiger partial charge on any atom is -0.445 e. The number of pyridine rings is 1. The first-order chi connectivity index (χ1) is 13.6. The highest BCUT2D eigenvalue weighted by atomic mass is 19.1. The van der Waals surface area contributed by atoms with Crippen LogP contribution >= 0.6 is 0 Å². The highest BCUT2D eigenvalue weighted by molar-refractivity contribution is 5.96. The van der Waals surface area contributed by atoms with Crippen molar-refractivity contribution in [2.75, 3.05) is 0 Å². The van der Waals surface area contributed by atoms with Gasteiger partial charge in [-0.05, 0) is 43.7 Å². The van der Waals surface area contributed by atoms with Crippen LogP contribution in [-0.4, -0.2) is 33.8 Å². The van der Waals surface area contributed by atoms with Gasteiger partial charge >= 0.3 is 6.09 Å².